The number of nitro benzene ring substituents is 1. The molecule has 2 heterocycles. The molecule has 0 radical (unpaired) electrons. The number of sulfonamides is 1. The molecule has 1 fully saturated rings. The minimum atomic E-state index is -4.02. The van der Waals surface area contributed by atoms with Crippen LogP contribution in [0.15, 0.2) is 35.5 Å². The van der Waals surface area contributed by atoms with Gasteiger partial charge < -0.3 is 10.3 Å². The van der Waals surface area contributed by atoms with Crippen molar-refractivity contribution in [3.05, 3.63) is 40.7 Å². The van der Waals surface area contributed by atoms with Gasteiger partial charge in [-0.3, -0.25) is 10.1 Å². The number of hydrogen-bond donors (Lipinski definition) is 3. The van der Waals surface area contributed by atoms with Crippen LogP contribution in [0.4, 0.5) is 17.5 Å². The van der Waals surface area contributed by atoms with E-state index < -0.39 is 14.9 Å². The minimum Gasteiger partial charge on any atom is -0.368 e. The zero-order chi connectivity index (χ0) is 21.1. The Balaban J connectivity index is 1.56. The molecule has 3 N–H and O–H groups in total. The lowest BCUT2D eigenvalue weighted by Gasteiger charge is -2.22. The van der Waals surface area contributed by atoms with E-state index in [9.17, 15) is 18.5 Å². The standard InChI is InChI=1S/C18H21N7O4S/c26-25(27)13-6-8-14(9-7-13)30(28,29)24-18-22-16(15-17(23-18)21-11-20-15)19-10-12-4-2-1-3-5-12/h6-9,11-12H,1-5,10H2,(H3,19,20,21,22,23,24). The van der Waals surface area contributed by atoms with Gasteiger partial charge in [-0.15, -0.1) is 0 Å². The van der Waals surface area contributed by atoms with Crippen molar-refractivity contribution in [3.8, 4) is 0 Å². The van der Waals surface area contributed by atoms with E-state index in [0.29, 0.717) is 22.9 Å². The molecule has 0 atom stereocenters. The van der Waals surface area contributed by atoms with E-state index in [4.69, 9.17) is 0 Å². The number of benzene rings is 1. The molecule has 1 saturated carbocycles. The summed E-state index contributed by atoms with van der Waals surface area (Å²) >= 11 is 0. The molecule has 0 aliphatic heterocycles. The van der Waals surface area contributed by atoms with E-state index in [0.717, 1.165) is 43.7 Å². The zero-order valence-electron chi connectivity index (χ0n) is 16.0. The van der Waals surface area contributed by atoms with Gasteiger partial charge in [0.1, 0.15) is 5.52 Å². The summed E-state index contributed by atoms with van der Waals surface area (Å²) in [5, 5.41) is 14.1. The summed E-state index contributed by atoms with van der Waals surface area (Å²) in [5.74, 6) is 0.899. The van der Waals surface area contributed by atoms with Crippen molar-refractivity contribution < 1.29 is 13.3 Å². The second kappa shape index (κ2) is 8.22. The highest BCUT2D eigenvalue weighted by molar-refractivity contribution is 7.92. The number of imidazole rings is 1. The second-order valence-corrected chi connectivity index (χ2v) is 8.92. The Hall–Kier alpha value is -3.28. The van der Waals surface area contributed by atoms with Gasteiger partial charge in [0.2, 0.25) is 5.95 Å². The Morgan fingerprint density at radius 1 is 1.13 bits per heavy atom. The molecule has 158 valence electrons. The Morgan fingerprint density at radius 2 is 1.87 bits per heavy atom. The zero-order valence-corrected chi connectivity index (χ0v) is 16.9. The number of rotatable bonds is 7. The fourth-order valence-corrected chi connectivity index (χ4v) is 4.51. The van der Waals surface area contributed by atoms with E-state index in [1.807, 2.05) is 0 Å². The van der Waals surface area contributed by atoms with Crippen molar-refractivity contribution >= 4 is 38.6 Å². The third-order valence-electron chi connectivity index (χ3n) is 5.15. The number of aromatic nitrogens is 4. The average molecular weight is 431 g/mol. The molecule has 4 rings (SSSR count). The van der Waals surface area contributed by atoms with Crippen molar-refractivity contribution in [1.82, 2.24) is 19.9 Å². The fourth-order valence-electron chi connectivity index (χ4n) is 3.57. The van der Waals surface area contributed by atoms with Crippen molar-refractivity contribution in [3.63, 3.8) is 0 Å². The summed E-state index contributed by atoms with van der Waals surface area (Å²) in [6.45, 7) is 0.736. The van der Waals surface area contributed by atoms with E-state index in [1.165, 1.54) is 25.6 Å². The molecule has 1 aliphatic carbocycles. The number of H-pyrrole nitrogens is 1. The normalized spacial score (nSPS) is 15.2. The van der Waals surface area contributed by atoms with Crippen LogP contribution in [-0.4, -0.2) is 39.8 Å². The average Bonchev–Trinajstić information content (AvgIpc) is 3.21. The number of anilines is 2. The Labute approximate surface area is 172 Å². The van der Waals surface area contributed by atoms with Crippen LogP contribution in [-0.2, 0) is 10.0 Å². The predicted octanol–water partition coefficient (Wildman–Crippen LogP) is 3.05. The van der Waals surface area contributed by atoms with Crippen molar-refractivity contribution in [2.24, 2.45) is 5.92 Å². The largest absolute Gasteiger partial charge is 0.368 e. The minimum absolute atomic E-state index is 0.126. The number of fused-ring (bicyclic) bond motifs is 1. The summed E-state index contributed by atoms with van der Waals surface area (Å²) < 4.78 is 27.7. The van der Waals surface area contributed by atoms with Crippen molar-refractivity contribution in [2.75, 3.05) is 16.6 Å². The molecule has 1 aliphatic rings. The molecule has 1 aromatic carbocycles. The molecular weight excluding hydrogens is 410 g/mol. The maximum Gasteiger partial charge on any atom is 0.269 e. The SMILES string of the molecule is O=[N+]([O-])c1ccc(S(=O)(=O)Nc2nc(NCC3CCCCC3)c3[nH]cnc3n2)cc1. The van der Waals surface area contributed by atoms with Crippen LogP contribution in [0.25, 0.3) is 11.2 Å². The lowest BCUT2D eigenvalue weighted by atomic mass is 9.89. The van der Waals surface area contributed by atoms with Crippen LogP contribution >= 0.6 is 0 Å². The third-order valence-corrected chi connectivity index (χ3v) is 6.50. The topological polar surface area (TPSA) is 156 Å². The van der Waals surface area contributed by atoms with Crippen LogP contribution in [0.3, 0.4) is 0 Å². The highest BCUT2D eigenvalue weighted by atomic mass is 32.2. The summed E-state index contributed by atoms with van der Waals surface area (Å²) in [4.78, 5) is 25.6. The fraction of sp³-hybridized carbons (Fsp3) is 0.389. The van der Waals surface area contributed by atoms with Crippen LogP contribution in [0.5, 0.6) is 0 Å². The summed E-state index contributed by atoms with van der Waals surface area (Å²) in [5.41, 5.74) is 0.735. The Bertz CT molecular complexity index is 1150. The summed E-state index contributed by atoms with van der Waals surface area (Å²) in [7, 11) is -4.02. The maximum atomic E-state index is 12.7. The molecule has 11 nitrogen and oxygen atoms in total. The monoisotopic (exact) mass is 431 g/mol. The van der Waals surface area contributed by atoms with Gasteiger partial charge in [-0.25, -0.2) is 18.1 Å². The smallest absolute Gasteiger partial charge is 0.269 e. The molecule has 2 aromatic heterocycles. The van der Waals surface area contributed by atoms with Gasteiger partial charge in [-0.05, 0) is 30.9 Å². The van der Waals surface area contributed by atoms with Crippen molar-refractivity contribution in [1.29, 1.82) is 0 Å². The van der Waals surface area contributed by atoms with Crippen LogP contribution < -0.4 is 10.0 Å². The molecule has 0 unspecified atom stereocenters. The van der Waals surface area contributed by atoms with E-state index in [2.05, 4.69) is 30.0 Å². The first-order chi connectivity index (χ1) is 14.4. The highest BCUT2D eigenvalue weighted by Gasteiger charge is 2.20. The number of nitro groups is 1. The Kier molecular flexibility index (Phi) is 5.48. The number of non-ortho nitro benzene ring substituents is 1. The van der Waals surface area contributed by atoms with Gasteiger partial charge in [0.15, 0.2) is 11.5 Å². The molecule has 0 saturated heterocycles. The first kappa shape index (κ1) is 20.0. The number of nitrogens with one attached hydrogen (secondary N) is 3. The molecule has 12 heteroatoms. The highest BCUT2D eigenvalue weighted by Crippen LogP contribution is 2.26. The first-order valence-corrected chi connectivity index (χ1v) is 11.1. The molecule has 0 amide bonds. The van der Waals surface area contributed by atoms with Crippen LogP contribution in [0.1, 0.15) is 32.1 Å². The second-order valence-electron chi connectivity index (χ2n) is 7.24. The number of aromatic amines is 1. The van der Waals surface area contributed by atoms with Gasteiger partial charge in [0.05, 0.1) is 16.1 Å². The van der Waals surface area contributed by atoms with Crippen LogP contribution in [0.2, 0.25) is 0 Å². The van der Waals surface area contributed by atoms with Gasteiger partial charge in [-0.2, -0.15) is 9.97 Å². The van der Waals surface area contributed by atoms with Gasteiger partial charge in [0, 0.05) is 18.7 Å². The first-order valence-electron chi connectivity index (χ1n) is 9.64. The van der Waals surface area contributed by atoms with E-state index in [-0.39, 0.29) is 16.5 Å². The number of nitrogens with zero attached hydrogens (tertiary/aromatic N) is 4. The molecular formula is C18H21N7O4S. The van der Waals surface area contributed by atoms with E-state index in [1.54, 1.807) is 0 Å². The lowest BCUT2D eigenvalue weighted by Crippen LogP contribution is -2.19. The third kappa shape index (κ3) is 4.32. The Morgan fingerprint density at radius 3 is 2.57 bits per heavy atom. The number of hydrogen-bond acceptors (Lipinski definition) is 8. The van der Waals surface area contributed by atoms with Gasteiger partial charge >= 0.3 is 0 Å². The lowest BCUT2D eigenvalue weighted by molar-refractivity contribution is -0.384. The van der Waals surface area contributed by atoms with Crippen LogP contribution in [0, 0.1) is 16.0 Å². The summed E-state index contributed by atoms with van der Waals surface area (Å²) in [6, 6.07) is 4.58. The molecule has 30 heavy (non-hydrogen) atoms. The molecule has 0 bridgehead atoms. The molecule has 0 spiro atoms. The summed E-state index contributed by atoms with van der Waals surface area (Å²) in [6.07, 6.45) is 7.49. The van der Waals surface area contributed by atoms with E-state index >= 15 is 0 Å². The quantitative estimate of drug-likeness (QED) is 0.381. The molecule has 3 aromatic rings. The maximum absolute atomic E-state index is 12.7. The van der Waals surface area contributed by atoms with Gasteiger partial charge in [-0.1, -0.05) is 19.3 Å². The predicted molar refractivity (Wildman–Crippen MR) is 111 cm³/mol. The van der Waals surface area contributed by atoms with Gasteiger partial charge in [0.25, 0.3) is 15.7 Å². The van der Waals surface area contributed by atoms with Crippen molar-refractivity contribution in [2.45, 2.75) is 37.0 Å².